The van der Waals surface area contributed by atoms with Crippen LogP contribution in [0.4, 0.5) is 10.1 Å². The van der Waals surface area contributed by atoms with Gasteiger partial charge in [-0.3, -0.25) is 4.72 Å². The van der Waals surface area contributed by atoms with E-state index in [4.69, 9.17) is 4.74 Å². The van der Waals surface area contributed by atoms with Crippen LogP contribution in [0.1, 0.15) is 17.9 Å². The highest BCUT2D eigenvalue weighted by molar-refractivity contribution is 7.92. The lowest BCUT2D eigenvalue weighted by atomic mass is 9.90. The van der Waals surface area contributed by atoms with E-state index in [0.717, 1.165) is 30.8 Å². The highest BCUT2D eigenvalue weighted by Crippen LogP contribution is 2.42. The van der Waals surface area contributed by atoms with Crippen molar-refractivity contribution in [2.45, 2.75) is 23.3 Å². The second kappa shape index (κ2) is 5.75. The van der Waals surface area contributed by atoms with Gasteiger partial charge in [-0.25, -0.2) is 12.8 Å². The summed E-state index contributed by atoms with van der Waals surface area (Å²) >= 11 is 0. The van der Waals surface area contributed by atoms with Gasteiger partial charge in [0, 0.05) is 23.7 Å². The normalized spacial score (nSPS) is 22.4. The van der Waals surface area contributed by atoms with Crippen molar-refractivity contribution < 1.29 is 17.5 Å². The first-order chi connectivity index (χ1) is 11.5. The molecule has 2 aliphatic heterocycles. The predicted molar refractivity (Wildman–Crippen MR) is 88.3 cm³/mol. The summed E-state index contributed by atoms with van der Waals surface area (Å²) < 4.78 is 46.5. The van der Waals surface area contributed by atoms with Gasteiger partial charge in [-0.05, 0) is 55.4 Å². The Bertz CT molecular complexity index is 868. The summed E-state index contributed by atoms with van der Waals surface area (Å²) in [5.41, 5.74) is 1.27. The maximum absolute atomic E-state index is 13.0. The first-order valence-electron chi connectivity index (χ1n) is 7.83. The number of halogens is 1. The van der Waals surface area contributed by atoms with Crippen LogP contribution in [0.15, 0.2) is 47.4 Å². The van der Waals surface area contributed by atoms with E-state index in [9.17, 15) is 12.8 Å². The molecule has 2 heterocycles. The third kappa shape index (κ3) is 2.74. The van der Waals surface area contributed by atoms with Gasteiger partial charge in [-0.15, -0.1) is 0 Å². The summed E-state index contributed by atoms with van der Waals surface area (Å²) in [6.45, 7) is 1.67. The summed E-state index contributed by atoms with van der Waals surface area (Å²) in [7, 11) is -3.73. The molecule has 2 atom stereocenters. The number of sulfonamides is 1. The molecule has 2 unspecified atom stereocenters. The van der Waals surface area contributed by atoms with E-state index in [1.807, 2.05) is 0 Å². The van der Waals surface area contributed by atoms with Crippen LogP contribution in [0.2, 0.25) is 0 Å². The largest absolute Gasteiger partial charge is 0.488 e. The average Bonchev–Trinajstić information content (AvgIpc) is 2.94. The maximum Gasteiger partial charge on any atom is 0.261 e. The Balaban J connectivity index is 1.64. The second-order valence-corrected chi connectivity index (χ2v) is 7.75. The minimum Gasteiger partial charge on any atom is -0.488 e. The van der Waals surface area contributed by atoms with Gasteiger partial charge in [0.1, 0.15) is 17.7 Å². The van der Waals surface area contributed by atoms with E-state index >= 15 is 0 Å². The first kappa shape index (κ1) is 15.4. The van der Waals surface area contributed by atoms with Crippen molar-refractivity contribution in [2.75, 3.05) is 17.8 Å². The molecule has 0 radical (unpaired) electrons. The Kier molecular flexibility index (Phi) is 3.69. The molecule has 5 nitrogen and oxygen atoms in total. The molecule has 0 aromatic heterocycles. The molecule has 2 aliphatic rings. The van der Waals surface area contributed by atoms with Crippen molar-refractivity contribution in [3.63, 3.8) is 0 Å². The highest BCUT2D eigenvalue weighted by atomic mass is 32.2. The molecule has 2 aromatic rings. The minimum atomic E-state index is -3.73. The predicted octanol–water partition coefficient (Wildman–Crippen LogP) is 2.46. The number of nitrogens with one attached hydrogen (secondary N) is 2. The van der Waals surface area contributed by atoms with Gasteiger partial charge in [-0.1, -0.05) is 0 Å². The van der Waals surface area contributed by atoms with Crippen LogP contribution in [-0.2, 0) is 10.0 Å². The van der Waals surface area contributed by atoms with Crippen LogP contribution >= 0.6 is 0 Å². The van der Waals surface area contributed by atoms with Gasteiger partial charge in [0.05, 0.1) is 4.90 Å². The number of anilines is 1. The minimum absolute atomic E-state index is 0.0664. The van der Waals surface area contributed by atoms with Gasteiger partial charge in [0.15, 0.2) is 0 Å². The van der Waals surface area contributed by atoms with E-state index in [0.29, 0.717) is 5.69 Å². The van der Waals surface area contributed by atoms with E-state index < -0.39 is 15.8 Å². The fraction of sp³-hybridized carbons (Fsp3) is 0.294. The molecular formula is C17H17FN2O3S. The highest BCUT2D eigenvalue weighted by Gasteiger charge is 2.36. The smallest absolute Gasteiger partial charge is 0.261 e. The summed E-state index contributed by atoms with van der Waals surface area (Å²) in [4.78, 5) is 0.188. The van der Waals surface area contributed by atoms with Gasteiger partial charge in [0.2, 0.25) is 0 Å². The van der Waals surface area contributed by atoms with Gasteiger partial charge >= 0.3 is 0 Å². The zero-order valence-electron chi connectivity index (χ0n) is 12.8. The number of ether oxygens (including phenoxy) is 1. The van der Waals surface area contributed by atoms with Gasteiger partial charge in [0.25, 0.3) is 10.0 Å². The van der Waals surface area contributed by atoms with Crippen LogP contribution in [0, 0.1) is 5.82 Å². The molecule has 126 valence electrons. The molecule has 4 rings (SSSR count). The van der Waals surface area contributed by atoms with Crippen LogP contribution in [0.25, 0.3) is 0 Å². The third-order valence-corrected chi connectivity index (χ3v) is 5.87. The van der Waals surface area contributed by atoms with Crippen LogP contribution in [0.3, 0.4) is 0 Å². The van der Waals surface area contributed by atoms with E-state index in [1.165, 1.54) is 30.3 Å². The number of piperidine rings is 1. The van der Waals surface area contributed by atoms with Gasteiger partial charge < -0.3 is 10.1 Å². The lowest BCUT2D eigenvalue weighted by molar-refractivity contribution is 0.177. The van der Waals surface area contributed by atoms with Crippen LogP contribution in [0.5, 0.6) is 5.75 Å². The van der Waals surface area contributed by atoms with Crippen molar-refractivity contribution in [1.82, 2.24) is 5.32 Å². The molecule has 2 aromatic carbocycles. The molecule has 0 bridgehead atoms. The molecule has 0 aliphatic carbocycles. The standard InChI is InChI=1S/C17H17FN2O3S/c18-11-1-3-12(4-2-11)20-24(21,22)13-5-6-16-15(9-13)14-7-8-19-10-17(14)23-16/h1-6,9,14,17,19-20H,7-8,10H2. The van der Waals surface area contributed by atoms with E-state index in [-0.39, 0.29) is 16.9 Å². The fourth-order valence-electron chi connectivity index (χ4n) is 3.30. The Morgan fingerprint density at radius 1 is 1.17 bits per heavy atom. The lowest BCUT2D eigenvalue weighted by Crippen LogP contribution is -2.39. The Labute approximate surface area is 139 Å². The molecule has 0 amide bonds. The number of benzene rings is 2. The number of hydrogen-bond acceptors (Lipinski definition) is 4. The zero-order chi connectivity index (χ0) is 16.7. The molecule has 7 heteroatoms. The van der Waals surface area contributed by atoms with Crippen molar-refractivity contribution in [3.8, 4) is 5.75 Å². The average molecular weight is 348 g/mol. The van der Waals surface area contributed by atoms with Crippen molar-refractivity contribution >= 4 is 15.7 Å². The van der Waals surface area contributed by atoms with Gasteiger partial charge in [-0.2, -0.15) is 0 Å². The number of rotatable bonds is 3. The van der Waals surface area contributed by atoms with Crippen LogP contribution in [-0.4, -0.2) is 27.6 Å². The number of hydrogen-bond donors (Lipinski definition) is 2. The maximum atomic E-state index is 13.0. The monoisotopic (exact) mass is 348 g/mol. The molecular weight excluding hydrogens is 331 g/mol. The van der Waals surface area contributed by atoms with E-state index in [1.54, 1.807) is 12.1 Å². The SMILES string of the molecule is O=S(=O)(Nc1ccc(F)cc1)c1ccc2c(c1)C1CCNCC1O2. The van der Waals surface area contributed by atoms with Crippen molar-refractivity contribution in [2.24, 2.45) is 0 Å². The lowest BCUT2D eigenvalue weighted by Gasteiger charge is -2.24. The second-order valence-electron chi connectivity index (χ2n) is 6.07. The third-order valence-electron chi connectivity index (χ3n) is 4.49. The summed E-state index contributed by atoms with van der Waals surface area (Å²) in [6.07, 6.45) is 0.990. The summed E-state index contributed by atoms with van der Waals surface area (Å²) in [5, 5.41) is 3.29. The molecule has 1 saturated heterocycles. The van der Waals surface area contributed by atoms with Crippen molar-refractivity contribution in [1.29, 1.82) is 0 Å². The molecule has 24 heavy (non-hydrogen) atoms. The van der Waals surface area contributed by atoms with Crippen LogP contribution < -0.4 is 14.8 Å². The molecule has 1 fully saturated rings. The zero-order valence-corrected chi connectivity index (χ0v) is 13.6. The fourth-order valence-corrected chi connectivity index (χ4v) is 4.39. The molecule has 2 N–H and O–H groups in total. The number of fused-ring (bicyclic) bond motifs is 3. The Morgan fingerprint density at radius 3 is 2.75 bits per heavy atom. The van der Waals surface area contributed by atoms with E-state index in [2.05, 4.69) is 10.0 Å². The Hall–Kier alpha value is -2.12. The first-order valence-corrected chi connectivity index (χ1v) is 9.31. The molecule has 0 saturated carbocycles. The molecule has 0 spiro atoms. The Morgan fingerprint density at radius 2 is 1.96 bits per heavy atom. The summed E-state index contributed by atoms with van der Waals surface area (Å²) in [5.74, 6) is 0.571. The summed E-state index contributed by atoms with van der Waals surface area (Å²) in [6, 6.07) is 10.2. The van der Waals surface area contributed by atoms with Crippen molar-refractivity contribution in [3.05, 3.63) is 53.8 Å². The quantitative estimate of drug-likeness (QED) is 0.894. The topological polar surface area (TPSA) is 67.4 Å².